The lowest BCUT2D eigenvalue weighted by atomic mass is 10.3. The normalized spacial score (nSPS) is 14.4. The molecule has 4 heterocycles. The highest BCUT2D eigenvalue weighted by molar-refractivity contribution is 7.98. The second kappa shape index (κ2) is 7.49. The first-order valence-corrected chi connectivity index (χ1v) is 9.60. The van der Waals surface area contributed by atoms with Gasteiger partial charge in [0.25, 0.3) is 0 Å². The van der Waals surface area contributed by atoms with Crippen molar-refractivity contribution in [3.8, 4) is 0 Å². The van der Waals surface area contributed by atoms with Gasteiger partial charge in [-0.25, -0.2) is 4.98 Å². The number of rotatable bonds is 6. The summed E-state index contributed by atoms with van der Waals surface area (Å²) in [6.07, 6.45) is 5.82. The van der Waals surface area contributed by atoms with Gasteiger partial charge in [0, 0.05) is 25.0 Å². The number of aromatic nitrogens is 4. The lowest BCUT2D eigenvalue weighted by molar-refractivity contribution is 0.483. The van der Waals surface area contributed by atoms with E-state index in [1.165, 1.54) is 12.8 Å². The third-order valence-electron chi connectivity index (χ3n) is 4.14. The predicted molar refractivity (Wildman–Crippen MR) is 98.1 cm³/mol. The molecule has 1 saturated heterocycles. The molecular weight excluding hydrogens is 358 g/mol. The molecule has 3 aromatic heterocycles. The third kappa shape index (κ3) is 3.82. The molecule has 4 rings (SSSR count). The largest absolute Gasteiger partial charge is 0.467 e. The van der Waals surface area contributed by atoms with Gasteiger partial charge in [-0.2, -0.15) is 0 Å². The van der Waals surface area contributed by atoms with Crippen LogP contribution in [0.1, 0.15) is 24.2 Å². The first kappa shape index (κ1) is 16.5. The van der Waals surface area contributed by atoms with Crippen molar-refractivity contribution in [2.75, 3.05) is 18.0 Å². The molecule has 3 aromatic rings. The highest BCUT2D eigenvalue weighted by atomic mass is 35.5. The zero-order valence-corrected chi connectivity index (χ0v) is 15.2. The number of halogens is 1. The van der Waals surface area contributed by atoms with E-state index in [0.29, 0.717) is 11.7 Å². The van der Waals surface area contributed by atoms with Crippen molar-refractivity contribution < 1.29 is 4.42 Å². The topological polar surface area (TPSA) is 60.0 Å². The van der Waals surface area contributed by atoms with Gasteiger partial charge in [-0.3, -0.25) is 4.57 Å². The molecule has 0 amide bonds. The highest BCUT2D eigenvalue weighted by Crippen LogP contribution is 2.28. The highest BCUT2D eigenvalue weighted by Gasteiger charge is 2.22. The smallest absolute Gasteiger partial charge is 0.228 e. The Labute approximate surface area is 155 Å². The van der Waals surface area contributed by atoms with Crippen molar-refractivity contribution in [1.29, 1.82) is 0 Å². The minimum Gasteiger partial charge on any atom is -0.467 e. The van der Waals surface area contributed by atoms with Crippen molar-refractivity contribution in [2.45, 2.75) is 30.3 Å². The van der Waals surface area contributed by atoms with E-state index in [9.17, 15) is 0 Å². The molecule has 0 aliphatic carbocycles. The van der Waals surface area contributed by atoms with Crippen LogP contribution in [0.15, 0.2) is 46.3 Å². The molecule has 8 heteroatoms. The molecule has 0 bridgehead atoms. The molecule has 0 radical (unpaired) electrons. The summed E-state index contributed by atoms with van der Waals surface area (Å²) in [7, 11) is 0. The first-order chi connectivity index (χ1) is 12.3. The molecule has 0 atom stereocenters. The maximum absolute atomic E-state index is 5.97. The third-order valence-corrected chi connectivity index (χ3v) is 5.38. The Kier molecular flexibility index (Phi) is 4.94. The molecule has 0 spiro atoms. The number of hydrogen-bond donors (Lipinski definition) is 0. The molecule has 130 valence electrons. The maximum atomic E-state index is 5.97. The fraction of sp³-hybridized carbons (Fsp3) is 0.353. The van der Waals surface area contributed by atoms with Crippen LogP contribution in [0.5, 0.6) is 0 Å². The van der Waals surface area contributed by atoms with E-state index in [0.717, 1.165) is 41.3 Å². The van der Waals surface area contributed by atoms with E-state index in [-0.39, 0.29) is 0 Å². The van der Waals surface area contributed by atoms with Crippen LogP contribution in [0.25, 0.3) is 0 Å². The summed E-state index contributed by atoms with van der Waals surface area (Å²) in [5.74, 6) is 2.58. The Morgan fingerprint density at radius 3 is 2.84 bits per heavy atom. The van der Waals surface area contributed by atoms with Gasteiger partial charge in [-0.05, 0) is 42.7 Å². The van der Waals surface area contributed by atoms with Crippen LogP contribution < -0.4 is 4.90 Å². The van der Waals surface area contributed by atoms with Crippen LogP contribution in [0.4, 0.5) is 5.95 Å². The number of pyridine rings is 1. The van der Waals surface area contributed by atoms with Gasteiger partial charge >= 0.3 is 0 Å². The SMILES string of the molecule is Clc1cc(CSc2nnc(N3CCCC3)n2Cc2ccco2)ccn1. The Morgan fingerprint density at radius 1 is 1.20 bits per heavy atom. The summed E-state index contributed by atoms with van der Waals surface area (Å²) in [5.41, 5.74) is 1.11. The summed E-state index contributed by atoms with van der Waals surface area (Å²) in [4.78, 5) is 6.32. The van der Waals surface area contributed by atoms with E-state index in [1.54, 1.807) is 24.2 Å². The zero-order valence-electron chi connectivity index (χ0n) is 13.6. The van der Waals surface area contributed by atoms with E-state index < -0.39 is 0 Å². The molecule has 25 heavy (non-hydrogen) atoms. The Morgan fingerprint density at radius 2 is 2.08 bits per heavy atom. The van der Waals surface area contributed by atoms with Gasteiger partial charge in [0.15, 0.2) is 5.16 Å². The van der Waals surface area contributed by atoms with Gasteiger partial charge in [0.1, 0.15) is 10.9 Å². The van der Waals surface area contributed by atoms with E-state index in [2.05, 4.69) is 24.6 Å². The molecule has 6 nitrogen and oxygen atoms in total. The lowest BCUT2D eigenvalue weighted by Crippen LogP contribution is -2.22. The van der Waals surface area contributed by atoms with Crippen LogP contribution in [0, 0.1) is 0 Å². The zero-order chi connectivity index (χ0) is 17.1. The van der Waals surface area contributed by atoms with E-state index >= 15 is 0 Å². The average Bonchev–Trinajstić information content (AvgIpc) is 3.36. The number of nitrogens with zero attached hydrogens (tertiary/aromatic N) is 5. The van der Waals surface area contributed by atoms with Crippen molar-refractivity contribution in [3.63, 3.8) is 0 Å². The summed E-state index contributed by atoms with van der Waals surface area (Å²) in [6.45, 7) is 2.69. The Hall–Kier alpha value is -1.99. The number of anilines is 1. The minimum atomic E-state index is 0.507. The summed E-state index contributed by atoms with van der Waals surface area (Å²) < 4.78 is 7.66. The number of furan rings is 1. The molecule has 1 aliphatic rings. The molecular formula is C17H18ClN5OS. The molecule has 1 fully saturated rings. The van der Waals surface area contributed by atoms with E-state index in [1.807, 2.05) is 24.3 Å². The van der Waals surface area contributed by atoms with E-state index in [4.69, 9.17) is 16.0 Å². The molecule has 0 unspecified atom stereocenters. The predicted octanol–water partition coefficient (Wildman–Crippen LogP) is 3.86. The Balaban J connectivity index is 1.57. The van der Waals surface area contributed by atoms with Gasteiger partial charge in [0.05, 0.1) is 12.8 Å². The maximum Gasteiger partial charge on any atom is 0.228 e. The lowest BCUT2D eigenvalue weighted by Gasteiger charge is -2.17. The fourth-order valence-electron chi connectivity index (χ4n) is 2.92. The molecule has 0 saturated carbocycles. The van der Waals surface area contributed by atoms with Gasteiger partial charge < -0.3 is 9.32 Å². The standard InChI is InChI=1S/C17H18ClN5OS/c18-15-10-13(5-6-19-15)12-25-17-21-20-16(22-7-1-2-8-22)23(17)11-14-4-3-9-24-14/h3-6,9-10H,1-2,7-8,11-12H2. The van der Waals surface area contributed by atoms with Crippen molar-refractivity contribution >= 4 is 29.3 Å². The first-order valence-electron chi connectivity index (χ1n) is 8.23. The average molecular weight is 376 g/mol. The molecule has 0 N–H and O–H groups in total. The van der Waals surface area contributed by atoms with Gasteiger partial charge in [-0.15, -0.1) is 10.2 Å². The molecule has 1 aliphatic heterocycles. The van der Waals surface area contributed by atoms with Crippen molar-refractivity contribution in [1.82, 2.24) is 19.7 Å². The van der Waals surface area contributed by atoms with Crippen LogP contribution >= 0.6 is 23.4 Å². The van der Waals surface area contributed by atoms with Crippen molar-refractivity contribution in [2.24, 2.45) is 0 Å². The minimum absolute atomic E-state index is 0.507. The summed E-state index contributed by atoms with van der Waals surface area (Å²) >= 11 is 7.62. The van der Waals surface area contributed by atoms with Gasteiger partial charge in [0.2, 0.25) is 5.95 Å². The molecule has 0 aromatic carbocycles. The summed E-state index contributed by atoms with van der Waals surface area (Å²) in [6, 6.07) is 7.72. The Bertz CT molecular complexity index is 829. The van der Waals surface area contributed by atoms with Crippen LogP contribution in [-0.2, 0) is 12.3 Å². The second-order valence-corrected chi connectivity index (χ2v) is 7.25. The number of hydrogen-bond acceptors (Lipinski definition) is 6. The van der Waals surface area contributed by atoms with Crippen LogP contribution in [0.3, 0.4) is 0 Å². The van der Waals surface area contributed by atoms with Crippen LogP contribution in [-0.4, -0.2) is 32.8 Å². The van der Waals surface area contributed by atoms with Crippen LogP contribution in [0.2, 0.25) is 5.15 Å². The number of thioether (sulfide) groups is 1. The quantitative estimate of drug-likeness (QED) is 0.481. The van der Waals surface area contributed by atoms with Gasteiger partial charge in [-0.1, -0.05) is 23.4 Å². The summed E-state index contributed by atoms with van der Waals surface area (Å²) in [5, 5.41) is 10.3. The second-order valence-electron chi connectivity index (χ2n) is 5.92. The monoisotopic (exact) mass is 375 g/mol. The fourth-order valence-corrected chi connectivity index (χ4v) is 3.99. The van der Waals surface area contributed by atoms with Crippen molar-refractivity contribution in [3.05, 3.63) is 53.2 Å².